The number of phenolic OH excluding ortho intramolecular Hbond substituents is 1. The standard InChI is InChI=1S/C13H20FNO/c1-9(2)6-7-15-10(3)12-8-11(14)4-5-13(12)16/h4-5,8-10,15-16H,6-7H2,1-3H3. The van der Waals surface area contributed by atoms with E-state index in [0.717, 1.165) is 13.0 Å². The molecule has 16 heavy (non-hydrogen) atoms. The van der Waals surface area contributed by atoms with Crippen LogP contribution in [0.5, 0.6) is 5.75 Å². The molecule has 0 radical (unpaired) electrons. The van der Waals surface area contributed by atoms with Crippen molar-refractivity contribution in [1.29, 1.82) is 0 Å². The third kappa shape index (κ3) is 3.81. The van der Waals surface area contributed by atoms with Crippen molar-refractivity contribution in [3.8, 4) is 5.75 Å². The smallest absolute Gasteiger partial charge is 0.123 e. The van der Waals surface area contributed by atoms with Crippen molar-refractivity contribution in [2.45, 2.75) is 33.2 Å². The fourth-order valence-corrected chi connectivity index (χ4v) is 1.57. The monoisotopic (exact) mass is 225 g/mol. The number of hydrogen-bond donors (Lipinski definition) is 2. The maximum Gasteiger partial charge on any atom is 0.123 e. The Labute approximate surface area is 96.5 Å². The average Bonchev–Trinajstić information content (AvgIpc) is 2.21. The minimum Gasteiger partial charge on any atom is -0.508 e. The van der Waals surface area contributed by atoms with Crippen LogP contribution in [0.3, 0.4) is 0 Å². The zero-order valence-corrected chi connectivity index (χ0v) is 10.1. The van der Waals surface area contributed by atoms with Gasteiger partial charge in [0.25, 0.3) is 0 Å². The minimum absolute atomic E-state index is 0.0329. The zero-order valence-electron chi connectivity index (χ0n) is 10.1. The van der Waals surface area contributed by atoms with E-state index < -0.39 is 0 Å². The van der Waals surface area contributed by atoms with Crippen LogP contribution >= 0.6 is 0 Å². The second-order valence-electron chi connectivity index (χ2n) is 4.56. The molecule has 1 aromatic rings. The molecule has 0 heterocycles. The van der Waals surface area contributed by atoms with Crippen molar-refractivity contribution in [1.82, 2.24) is 5.32 Å². The van der Waals surface area contributed by atoms with E-state index in [9.17, 15) is 9.50 Å². The van der Waals surface area contributed by atoms with E-state index in [-0.39, 0.29) is 17.6 Å². The van der Waals surface area contributed by atoms with Gasteiger partial charge in [0, 0.05) is 11.6 Å². The number of rotatable bonds is 5. The summed E-state index contributed by atoms with van der Waals surface area (Å²) in [7, 11) is 0. The van der Waals surface area contributed by atoms with Gasteiger partial charge >= 0.3 is 0 Å². The van der Waals surface area contributed by atoms with Gasteiger partial charge in [-0.1, -0.05) is 13.8 Å². The van der Waals surface area contributed by atoms with Gasteiger partial charge in [-0.2, -0.15) is 0 Å². The Balaban J connectivity index is 2.58. The molecule has 0 amide bonds. The van der Waals surface area contributed by atoms with E-state index in [1.165, 1.54) is 18.2 Å². The Morgan fingerprint density at radius 3 is 2.62 bits per heavy atom. The highest BCUT2D eigenvalue weighted by molar-refractivity contribution is 5.34. The fraction of sp³-hybridized carbons (Fsp3) is 0.538. The number of benzene rings is 1. The molecule has 1 unspecified atom stereocenters. The summed E-state index contributed by atoms with van der Waals surface area (Å²) in [4.78, 5) is 0. The maximum absolute atomic E-state index is 13.0. The molecule has 0 aliphatic rings. The molecule has 0 aliphatic heterocycles. The quantitative estimate of drug-likeness (QED) is 0.806. The number of aromatic hydroxyl groups is 1. The zero-order chi connectivity index (χ0) is 12.1. The lowest BCUT2D eigenvalue weighted by Gasteiger charge is -2.16. The summed E-state index contributed by atoms with van der Waals surface area (Å²) in [6, 6.07) is 4.00. The molecular formula is C13H20FNO. The first-order chi connectivity index (χ1) is 7.50. The number of nitrogens with one attached hydrogen (secondary N) is 1. The van der Waals surface area contributed by atoms with Gasteiger partial charge < -0.3 is 10.4 Å². The molecule has 0 fully saturated rings. The van der Waals surface area contributed by atoms with E-state index in [2.05, 4.69) is 19.2 Å². The molecule has 0 aliphatic carbocycles. The van der Waals surface area contributed by atoms with Gasteiger partial charge in [-0.15, -0.1) is 0 Å². The minimum atomic E-state index is -0.315. The third-order valence-electron chi connectivity index (χ3n) is 2.63. The highest BCUT2D eigenvalue weighted by Crippen LogP contribution is 2.24. The second-order valence-corrected chi connectivity index (χ2v) is 4.56. The van der Waals surface area contributed by atoms with Crippen LogP contribution in [0.15, 0.2) is 18.2 Å². The normalized spacial score (nSPS) is 13.1. The molecule has 1 atom stereocenters. The predicted octanol–water partition coefficient (Wildman–Crippen LogP) is 3.23. The van der Waals surface area contributed by atoms with Gasteiger partial charge in [-0.3, -0.25) is 0 Å². The Kier molecular flexibility index (Phi) is 4.74. The molecule has 90 valence electrons. The van der Waals surface area contributed by atoms with Gasteiger partial charge in [-0.25, -0.2) is 4.39 Å². The van der Waals surface area contributed by atoms with E-state index in [1.807, 2.05) is 6.92 Å². The Bertz CT molecular complexity index is 339. The lowest BCUT2D eigenvalue weighted by Crippen LogP contribution is -2.21. The molecule has 0 saturated carbocycles. The van der Waals surface area contributed by atoms with Gasteiger partial charge in [0.1, 0.15) is 11.6 Å². The maximum atomic E-state index is 13.0. The van der Waals surface area contributed by atoms with Crippen LogP contribution in [-0.2, 0) is 0 Å². The fourth-order valence-electron chi connectivity index (χ4n) is 1.57. The van der Waals surface area contributed by atoms with Crippen LogP contribution in [0.4, 0.5) is 4.39 Å². The lowest BCUT2D eigenvalue weighted by atomic mass is 10.1. The lowest BCUT2D eigenvalue weighted by molar-refractivity contribution is 0.442. The molecular weight excluding hydrogens is 205 g/mol. The molecule has 0 aromatic heterocycles. The SMILES string of the molecule is CC(C)CCNC(C)c1cc(F)ccc1O. The van der Waals surface area contributed by atoms with Crippen molar-refractivity contribution in [3.05, 3.63) is 29.6 Å². The number of hydrogen-bond acceptors (Lipinski definition) is 2. The summed E-state index contributed by atoms with van der Waals surface area (Å²) < 4.78 is 13.0. The summed E-state index contributed by atoms with van der Waals surface area (Å²) in [5, 5.41) is 12.9. The van der Waals surface area contributed by atoms with Crippen molar-refractivity contribution in [2.75, 3.05) is 6.54 Å². The van der Waals surface area contributed by atoms with Crippen LogP contribution in [-0.4, -0.2) is 11.7 Å². The molecule has 1 rings (SSSR count). The summed E-state index contributed by atoms with van der Waals surface area (Å²) in [5.74, 6) is 0.470. The third-order valence-corrected chi connectivity index (χ3v) is 2.63. The van der Waals surface area contributed by atoms with Crippen LogP contribution in [0.1, 0.15) is 38.8 Å². The Morgan fingerprint density at radius 2 is 2.00 bits per heavy atom. The Morgan fingerprint density at radius 1 is 1.31 bits per heavy atom. The molecule has 2 nitrogen and oxygen atoms in total. The van der Waals surface area contributed by atoms with Crippen LogP contribution in [0.2, 0.25) is 0 Å². The van der Waals surface area contributed by atoms with Crippen molar-refractivity contribution < 1.29 is 9.50 Å². The van der Waals surface area contributed by atoms with Gasteiger partial charge in [0.15, 0.2) is 0 Å². The molecule has 3 heteroatoms. The first-order valence-corrected chi connectivity index (χ1v) is 5.72. The van der Waals surface area contributed by atoms with E-state index in [1.54, 1.807) is 0 Å². The predicted molar refractivity (Wildman–Crippen MR) is 63.9 cm³/mol. The Hall–Kier alpha value is -1.09. The van der Waals surface area contributed by atoms with Crippen LogP contribution < -0.4 is 5.32 Å². The van der Waals surface area contributed by atoms with Gasteiger partial charge in [0.05, 0.1) is 0 Å². The van der Waals surface area contributed by atoms with Crippen LogP contribution in [0.25, 0.3) is 0 Å². The van der Waals surface area contributed by atoms with E-state index in [4.69, 9.17) is 0 Å². The highest BCUT2D eigenvalue weighted by Gasteiger charge is 2.10. The first kappa shape index (κ1) is 13.0. The van der Waals surface area contributed by atoms with Crippen LogP contribution in [0, 0.1) is 11.7 Å². The molecule has 0 spiro atoms. The van der Waals surface area contributed by atoms with E-state index in [0.29, 0.717) is 11.5 Å². The highest BCUT2D eigenvalue weighted by atomic mass is 19.1. The van der Waals surface area contributed by atoms with Crippen molar-refractivity contribution in [3.63, 3.8) is 0 Å². The summed E-state index contributed by atoms with van der Waals surface area (Å²) in [6.45, 7) is 7.11. The average molecular weight is 225 g/mol. The van der Waals surface area contributed by atoms with Gasteiger partial charge in [0.2, 0.25) is 0 Å². The first-order valence-electron chi connectivity index (χ1n) is 5.72. The molecule has 0 saturated heterocycles. The molecule has 0 bridgehead atoms. The largest absolute Gasteiger partial charge is 0.508 e. The second kappa shape index (κ2) is 5.85. The van der Waals surface area contributed by atoms with Crippen molar-refractivity contribution in [2.24, 2.45) is 5.92 Å². The van der Waals surface area contributed by atoms with Gasteiger partial charge in [-0.05, 0) is 44.0 Å². The summed E-state index contributed by atoms with van der Waals surface area (Å²) in [5.41, 5.74) is 0.615. The number of halogens is 1. The molecule has 1 aromatic carbocycles. The molecule has 2 N–H and O–H groups in total. The van der Waals surface area contributed by atoms with Crippen molar-refractivity contribution >= 4 is 0 Å². The number of phenols is 1. The summed E-state index contributed by atoms with van der Waals surface area (Å²) in [6.07, 6.45) is 1.07. The topological polar surface area (TPSA) is 32.3 Å². The van der Waals surface area contributed by atoms with E-state index >= 15 is 0 Å². The summed E-state index contributed by atoms with van der Waals surface area (Å²) >= 11 is 0.